The van der Waals surface area contributed by atoms with Gasteiger partial charge in [0.05, 0.1) is 12.2 Å². The summed E-state index contributed by atoms with van der Waals surface area (Å²) in [5, 5.41) is 0. The van der Waals surface area contributed by atoms with E-state index in [0.717, 1.165) is 51.5 Å². The molecule has 2 aliphatic heterocycles. The zero-order valence-electron chi connectivity index (χ0n) is 15.9. The number of nitrogens with zero attached hydrogens (tertiary/aromatic N) is 4. The third-order valence-electron chi connectivity index (χ3n) is 5.50. The first-order valence-electron chi connectivity index (χ1n) is 9.75. The highest BCUT2D eigenvalue weighted by Gasteiger charge is 2.25. The minimum atomic E-state index is 0.0414. The van der Waals surface area contributed by atoms with Gasteiger partial charge in [-0.1, -0.05) is 0 Å². The fraction of sp³-hybridized carbons (Fsp3) is 0.789. The van der Waals surface area contributed by atoms with Crippen LogP contribution in [0.4, 0.5) is 5.82 Å². The van der Waals surface area contributed by atoms with E-state index in [1.165, 1.54) is 6.42 Å². The van der Waals surface area contributed by atoms with Crippen LogP contribution in [-0.2, 0) is 11.3 Å². The van der Waals surface area contributed by atoms with Crippen LogP contribution in [0.2, 0.25) is 0 Å². The van der Waals surface area contributed by atoms with E-state index in [2.05, 4.69) is 28.6 Å². The lowest BCUT2D eigenvalue weighted by molar-refractivity contribution is -0.0690. The van der Waals surface area contributed by atoms with Crippen LogP contribution in [0.15, 0.2) is 17.2 Å². The Bertz CT molecular complexity index is 600. The summed E-state index contributed by atoms with van der Waals surface area (Å²) in [6.07, 6.45) is 7.74. The van der Waals surface area contributed by atoms with Crippen LogP contribution in [-0.4, -0.2) is 59.4 Å². The zero-order valence-corrected chi connectivity index (χ0v) is 15.9. The van der Waals surface area contributed by atoms with Crippen LogP contribution in [0.3, 0.4) is 0 Å². The average molecular weight is 348 g/mol. The molecular weight excluding hydrogens is 316 g/mol. The van der Waals surface area contributed by atoms with Crippen molar-refractivity contribution in [2.24, 2.45) is 5.92 Å². The van der Waals surface area contributed by atoms with Gasteiger partial charge in [0.1, 0.15) is 0 Å². The Labute approximate surface area is 150 Å². The number of piperidine rings is 1. The second-order valence-electron chi connectivity index (χ2n) is 7.58. The van der Waals surface area contributed by atoms with Gasteiger partial charge in [-0.3, -0.25) is 9.69 Å². The maximum atomic E-state index is 12.4. The lowest BCUT2D eigenvalue weighted by Gasteiger charge is -2.37. The number of aryl methyl sites for hydroxylation is 1. The van der Waals surface area contributed by atoms with Crippen molar-refractivity contribution in [3.05, 3.63) is 22.7 Å². The van der Waals surface area contributed by atoms with Crippen molar-refractivity contribution in [2.45, 2.75) is 58.8 Å². The number of morpholine rings is 1. The van der Waals surface area contributed by atoms with Crippen molar-refractivity contribution >= 4 is 5.82 Å². The first-order valence-corrected chi connectivity index (χ1v) is 9.75. The van der Waals surface area contributed by atoms with Gasteiger partial charge in [-0.2, -0.15) is 0 Å². The molecule has 2 atom stereocenters. The highest BCUT2D eigenvalue weighted by Crippen LogP contribution is 2.23. The summed E-state index contributed by atoms with van der Waals surface area (Å²) in [6.45, 7) is 12.2. The Balaban J connectivity index is 1.48. The number of hydrogen-bond donors (Lipinski definition) is 0. The highest BCUT2D eigenvalue weighted by molar-refractivity contribution is 5.36. The summed E-state index contributed by atoms with van der Waals surface area (Å²) < 4.78 is 7.55. The Morgan fingerprint density at radius 1 is 1.20 bits per heavy atom. The van der Waals surface area contributed by atoms with E-state index in [0.29, 0.717) is 24.6 Å². The standard InChI is InChI=1S/C19H32N4O2/c1-4-22-12-8-20-18(19(22)24)23-10-6-17(7-11-23)5-9-21-13-15(2)25-16(3)14-21/h8,12,15-17H,4-7,9-11,13-14H2,1-3H3/t15-,16+. The predicted octanol–water partition coefficient (Wildman–Crippen LogP) is 1.98. The van der Waals surface area contributed by atoms with Crippen LogP contribution >= 0.6 is 0 Å². The predicted molar refractivity (Wildman–Crippen MR) is 100 cm³/mol. The third kappa shape index (κ3) is 4.61. The molecular formula is C19H32N4O2. The summed E-state index contributed by atoms with van der Waals surface area (Å²) in [5.41, 5.74) is 0.0414. The second kappa shape index (κ2) is 8.32. The largest absolute Gasteiger partial charge is 0.373 e. The Hall–Kier alpha value is -1.40. The van der Waals surface area contributed by atoms with Gasteiger partial charge in [0.25, 0.3) is 5.56 Å². The summed E-state index contributed by atoms with van der Waals surface area (Å²) in [6, 6.07) is 0. The van der Waals surface area contributed by atoms with E-state index in [4.69, 9.17) is 4.74 Å². The molecule has 1 aromatic rings. The molecule has 1 aromatic heterocycles. The maximum Gasteiger partial charge on any atom is 0.293 e. The molecule has 0 unspecified atom stereocenters. The molecule has 0 saturated carbocycles. The number of ether oxygens (including phenoxy) is 1. The molecule has 0 amide bonds. The molecule has 6 heteroatoms. The summed E-state index contributed by atoms with van der Waals surface area (Å²) in [4.78, 5) is 21.5. The summed E-state index contributed by atoms with van der Waals surface area (Å²) in [5.74, 6) is 1.38. The quantitative estimate of drug-likeness (QED) is 0.814. The number of hydrogen-bond acceptors (Lipinski definition) is 5. The maximum absolute atomic E-state index is 12.4. The lowest BCUT2D eigenvalue weighted by atomic mass is 9.93. The molecule has 140 valence electrons. The normalized spacial score (nSPS) is 26.1. The topological polar surface area (TPSA) is 50.6 Å². The van der Waals surface area contributed by atoms with Gasteiger partial charge in [-0.15, -0.1) is 0 Å². The molecule has 2 fully saturated rings. The first kappa shape index (κ1) is 18.4. The summed E-state index contributed by atoms with van der Waals surface area (Å²) in [7, 11) is 0. The lowest BCUT2D eigenvalue weighted by Crippen LogP contribution is -2.46. The van der Waals surface area contributed by atoms with E-state index < -0.39 is 0 Å². The van der Waals surface area contributed by atoms with Crippen molar-refractivity contribution in [3.8, 4) is 0 Å². The number of rotatable bonds is 5. The van der Waals surface area contributed by atoms with Crippen LogP contribution < -0.4 is 10.5 Å². The molecule has 0 radical (unpaired) electrons. The molecule has 2 aliphatic rings. The molecule has 3 rings (SSSR count). The molecule has 3 heterocycles. The minimum absolute atomic E-state index is 0.0414. The van der Waals surface area contributed by atoms with Crippen molar-refractivity contribution in [2.75, 3.05) is 37.6 Å². The molecule has 0 bridgehead atoms. The van der Waals surface area contributed by atoms with Gasteiger partial charge in [0.15, 0.2) is 5.82 Å². The Kier molecular flexibility index (Phi) is 6.12. The molecule has 0 N–H and O–H groups in total. The average Bonchev–Trinajstić information content (AvgIpc) is 2.60. The zero-order chi connectivity index (χ0) is 17.8. The minimum Gasteiger partial charge on any atom is -0.373 e. The van der Waals surface area contributed by atoms with E-state index in [-0.39, 0.29) is 5.56 Å². The second-order valence-corrected chi connectivity index (χ2v) is 7.58. The van der Waals surface area contributed by atoms with Crippen LogP contribution in [0, 0.1) is 5.92 Å². The van der Waals surface area contributed by atoms with Crippen molar-refractivity contribution < 1.29 is 4.74 Å². The first-order chi connectivity index (χ1) is 12.1. The summed E-state index contributed by atoms with van der Waals surface area (Å²) >= 11 is 0. The fourth-order valence-corrected chi connectivity index (χ4v) is 4.17. The molecule has 0 spiro atoms. The molecule has 0 aromatic carbocycles. The van der Waals surface area contributed by atoms with Crippen molar-refractivity contribution in [3.63, 3.8) is 0 Å². The van der Waals surface area contributed by atoms with Gasteiger partial charge in [0, 0.05) is 45.1 Å². The van der Waals surface area contributed by atoms with Gasteiger partial charge in [-0.05, 0) is 52.5 Å². The van der Waals surface area contributed by atoms with Gasteiger partial charge in [-0.25, -0.2) is 4.98 Å². The van der Waals surface area contributed by atoms with Crippen LogP contribution in [0.5, 0.6) is 0 Å². The van der Waals surface area contributed by atoms with E-state index in [9.17, 15) is 4.79 Å². The van der Waals surface area contributed by atoms with Crippen molar-refractivity contribution in [1.29, 1.82) is 0 Å². The van der Waals surface area contributed by atoms with Gasteiger partial charge in [0.2, 0.25) is 0 Å². The molecule has 2 saturated heterocycles. The third-order valence-corrected chi connectivity index (χ3v) is 5.50. The van der Waals surface area contributed by atoms with Crippen LogP contribution in [0.25, 0.3) is 0 Å². The molecule has 25 heavy (non-hydrogen) atoms. The SMILES string of the molecule is CCn1ccnc(N2CCC(CCN3C[C@@H](C)O[C@@H](C)C3)CC2)c1=O. The van der Waals surface area contributed by atoms with Crippen molar-refractivity contribution in [1.82, 2.24) is 14.5 Å². The van der Waals surface area contributed by atoms with Gasteiger partial charge < -0.3 is 14.2 Å². The van der Waals surface area contributed by atoms with E-state index >= 15 is 0 Å². The monoisotopic (exact) mass is 348 g/mol. The molecule has 6 nitrogen and oxygen atoms in total. The number of anilines is 1. The Morgan fingerprint density at radius 2 is 1.88 bits per heavy atom. The van der Waals surface area contributed by atoms with Gasteiger partial charge >= 0.3 is 0 Å². The van der Waals surface area contributed by atoms with E-state index in [1.54, 1.807) is 17.0 Å². The van der Waals surface area contributed by atoms with Crippen LogP contribution in [0.1, 0.15) is 40.0 Å². The smallest absolute Gasteiger partial charge is 0.293 e. The van der Waals surface area contributed by atoms with E-state index in [1.807, 2.05) is 6.92 Å². The fourth-order valence-electron chi connectivity index (χ4n) is 4.17. The molecule has 0 aliphatic carbocycles. The highest BCUT2D eigenvalue weighted by atomic mass is 16.5. The Morgan fingerprint density at radius 3 is 2.52 bits per heavy atom. The number of aromatic nitrogens is 2.